The molecular formula is C15H18N4O5. The minimum absolute atomic E-state index is 0.0894. The monoisotopic (exact) mass is 334 g/mol. The molecule has 0 aromatic carbocycles. The number of allylic oxidation sites excluding steroid dienone is 2. The summed E-state index contributed by atoms with van der Waals surface area (Å²) in [6.45, 7) is 1.63. The Bertz CT molecular complexity index is 772. The summed E-state index contributed by atoms with van der Waals surface area (Å²) >= 11 is 0. The van der Waals surface area contributed by atoms with Crippen molar-refractivity contribution >= 4 is 17.7 Å². The number of hydrogen-bond acceptors (Lipinski definition) is 8. The van der Waals surface area contributed by atoms with Crippen molar-refractivity contribution in [3.63, 3.8) is 0 Å². The molecular weight excluding hydrogens is 316 g/mol. The van der Waals surface area contributed by atoms with E-state index >= 15 is 0 Å². The fourth-order valence-electron chi connectivity index (χ4n) is 4.39. The molecule has 3 aliphatic heterocycles. The van der Waals surface area contributed by atoms with E-state index in [0.29, 0.717) is 6.54 Å². The third-order valence-electron chi connectivity index (χ3n) is 5.70. The van der Waals surface area contributed by atoms with Gasteiger partial charge in [-0.05, 0) is 14.0 Å². The number of primary amides is 1. The SMILES string of the molecule is CC1=C(N)C(=O)C2=C(C1=O)N1C[C@H]3[C@H](N3C)[C@]1(O)[C@@H]2COC(N)=O. The Morgan fingerprint density at radius 2 is 2.08 bits per heavy atom. The molecule has 128 valence electrons. The quantitative estimate of drug-likeness (QED) is 0.391. The summed E-state index contributed by atoms with van der Waals surface area (Å²) in [5.74, 6) is -1.74. The number of amides is 1. The van der Waals surface area contributed by atoms with Gasteiger partial charge in [-0.1, -0.05) is 0 Å². The number of aliphatic hydroxyl groups is 1. The fraction of sp³-hybridized carbons (Fsp3) is 0.533. The molecule has 2 saturated heterocycles. The van der Waals surface area contributed by atoms with Crippen LogP contribution in [-0.4, -0.2) is 70.6 Å². The second-order valence-corrected chi connectivity index (χ2v) is 6.71. The normalized spacial score (nSPS) is 39.9. The minimum Gasteiger partial charge on any atom is -0.449 e. The van der Waals surface area contributed by atoms with Crippen molar-refractivity contribution in [2.24, 2.45) is 17.4 Å². The van der Waals surface area contributed by atoms with E-state index in [4.69, 9.17) is 16.2 Å². The van der Waals surface area contributed by atoms with E-state index in [2.05, 4.69) is 0 Å². The number of fused-ring (bicyclic) bond motifs is 4. The van der Waals surface area contributed by atoms with Gasteiger partial charge < -0.3 is 26.2 Å². The van der Waals surface area contributed by atoms with E-state index in [1.807, 2.05) is 11.9 Å². The van der Waals surface area contributed by atoms with Gasteiger partial charge in [0.1, 0.15) is 6.61 Å². The van der Waals surface area contributed by atoms with E-state index in [0.717, 1.165) is 0 Å². The molecule has 1 amide bonds. The highest BCUT2D eigenvalue weighted by Crippen LogP contribution is 2.57. The standard InChI is InChI=1S/C15H18N4O5/c1-5-9(16)12(21)8-6(4-24-14(17)22)15(23)13-7(18(13)2)3-19(15)10(8)11(5)20/h6-7,13,23H,3-4,16H2,1-2H3,(H2,17,22)/t6-,7+,13+,15-,18?/m1/s1. The molecule has 3 heterocycles. The largest absolute Gasteiger partial charge is 0.449 e. The number of nitrogens with zero attached hydrogens (tertiary/aromatic N) is 2. The number of piperazine rings is 1. The minimum atomic E-state index is -1.49. The molecule has 2 fully saturated rings. The number of likely N-dealkylation sites (N-methyl/N-ethyl adjacent to an activating group) is 1. The van der Waals surface area contributed by atoms with E-state index in [1.165, 1.54) is 6.92 Å². The van der Waals surface area contributed by atoms with E-state index in [-0.39, 0.29) is 47.0 Å². The summed E-state index contributed by atoms with van der Waals surface area (Å²) < 4.78 is 4.88. The zero-order chi connectivity index (χ0) is 17.5. The van der Waals surface area contributed by atoms with E-state index in [1.54, 1.807) is 4.90 Å². The number of ether oxygens (including phenoxy) is 1. The summed E-state index contributed by atoms with van der Waals surface area (Å²) in [6, 6.07) is -0.154. The third-order valence-corrected chi connectivity index (χ3v) is 5.70. The van der Waals surface area contributed by atoms with Gasteiger partial charge in [-0.3, -0.25) is 14.5 Å². The van der Waals surface area contributed by atoms with Crippen LogP contribution in [0.2, 0.25) is 0 Å². The van der Waals surface area contributed by atoms with E-state index < -0.39 is 23.5 Å². The highest BCUT2D eigenvalue weighted by Gasteiger charge is 2.74. The lowest BCUT2D eigenvalue weighted by atomic mass is 9.83. The molecule has 0 aromatic rings. The van der Waals surface area contributed by atoms with Crippen molar-refractivity contribution in [1.82, 2.24) is 9.80 Å². The van der Waals surface area contributed by atoms with Crippen LogP contribution in [0.15, 0.2) is 22.5 Å². The van der Waals surface area contributed by atoms with Gasteiger partial charge in [-0.2, -0.15) is 0 Å². The van der Waals surface area contributed by atoms with Gasteiger partial charge in [0, 0.05) is 23.7 Å². The van der Waals surface area contributed by atoms with Gasteiger partial charge in [0.15, 0.2) is 5.72 Å². The summed E-state index contributed by atoms with van der Waals surface area (Å²) in [7, 11) is 1.86. The molecule has 1 unspecified atom stereocenters. The van der Waals surface area contributed by atoms with Crippen LogP contribution in [0.1, 0.15) is 6.92 Å². The van der Waals surface area contributed by atoms with Gasteiger partial charge in [-0.15, -0.1) is 0 Å². The van der Waals surface area contributed by atoms with E-state index in [9.17, 15) is 19.5 Å². The summed E-state index contributed by atoms with van der Waals surface area (Å²) in [5, 5.41) is 11.4. The van der Waals surface area contributed by atoms with Crippen LogP contribution in [0.5, 0.6) is 0 Å². The molecule has 0 aromatic heterocycles. The number of ketones is 2. The Morgan fingerprint density at radius 3 is 2.71 bits per heavy atom. The van der Waals surface area contributed by atoms with Gasteiger partial charge >= 0.3 is 6.09 Å². The van der Waals surface area contributed by atoms with Crippen molar-refractivity contribution in [3.8, 4) is 0 Å². The lowest BCUT2D eigenvalue weighted by Crippen LogP contribution is -2.53. The molecule has 0 bridgehead atoms. The lowest BCUT2D eigenvalue weighted by Gasteiger charge is -2.37. The second kappa shape index (κ2) is 4.37. The molecule has 0 saturated carbocycles. The Morgan fingerprint density at radius 1 is 1.42 bits per heavy atom. The average Bonchev–Trinajstić information content (AvgIpc) is 2.93. The van der Waals surface area contributed by atoms with Crippen LogP contribution >= 0.6 is 0 Å². The zero-order valence-electron chi connectivity index (χ0n) is 13.3. The molecule has 9 nitrogen and oxygen atoms in total. The number of carbonyl (C=O) groups is 3. The third kappa shape index (κ3) is 1.53. The molecule has 1 aliphatic carbocycles. The van der Waals surface area contributed by atoms with Crippen LogP contribution in [0.3, 0.4) is 0 Å². The average molecular weight is 334 g/mol. The summed E-state index contributed by atoms with van der Waals surface area (Å²) in [4.78, 5) is 39.9. The van der Waals surface area contributed by atoms with Crippen LogP contribution in [-0.2, 0) is 14.3 Å². The zero-order valence-corrected chi connectivity index (χ0v) is 13.3. The van der Waals surface area contributed by atoms with Crippen molar-refractivity contribution in [2.45, 2.75) is 24.7 Å². The Balaban J connectivity index is 1.82. The number of nitrogens with two attached hydrogens (primary N) is 2. The topological polar surface area (TPSA) is 139 Å². The number of Topliss-reactive ketones (excluding diaryl/α,β-unsaturated/α-hetero) is 2. The lowest BCUT2D eigenvalue weighted by molar-refractivity contribution is -0.126. The van der Waals surface area contributed by atoms with Crippen LogP contribution in [0.4, 0.5) is 4.79 Å². The van der Waals surface area contributed by atoms with Gasteiger partial charge in [0.25, 0.3) is 0 Å². The first-order valence-electron chi connectivity index (χ1n) is 7.65. The Hall–Kier alpha value is -2.39. The van der Waals surface area contributed by atoms with Crippen LogP contribution < -0.4 is 11.5 Å². The van der Waals surface area contributed by atoms with Crippen molar-refractivity contribution in [3.05, 3.63) is 22.5 Å². The molecule has 0 radical (unpaired) electrons. The second-order valence-electron chi connectivity index (χ2n) is 6.71. The first-order chi connectivity index (χ1) is 11.2. The molecule has 24 heavy (non-hydrogen) atoms. The Kier molecular flexibility index (Phi) is 2.76. The van der Waals surface area contributed by atoms with Crippen LogP contribution in [0, 0.1) is 5.92 Å². The molecule has 5 N–H and O–H groups in total. The Labute approximate surface area is 137 Å². The molecule has 9 heteroatoms. The predicted molar refractivity (Wildman–Crippen MR) is 79.9 cm³/mol. The van der Waals surface area contributed by atoms with Gasteiger partial charge in [0.05, 0.1) is 23.4 Å². The number of rotatable bonds is 2. The number of carbonyl (C=O) groups excluding carboxylic acids is 3. The predicted octanol–water partition coefficient (Wildman–Crippen LogP) is -1.96. The highest BCUT2D eigenvalue weighted by molar-refractivity contribution is 6.25. The van der Waals surface area contributed by atoms with Gasteiger partial charge in [-0.25, -0.2) is 4.79 Å². The van der Waals surface area contributed by atoms with Gasteiger partial charge in [0.2, 0.25) is 11.6 Å². The first kappa shape index (κ1) is 15.2. The molecule has 0 spiro atoms. The molecule has 5 atom stereocenters. The maximum atomic E-state index is 12.7. The van der Waals surface area contributed by atoms with Crippen LogP contribution in [0.25, 0.3) is 0 Å². The van der Waals surface area contributed by atoms with Crippen molar-refractivity contribution in [2.75, 3.05) is 20.2 Å². The molecule has 4 rings (SSSR count). The molecule has 4 aliphatic rings. The van der Waals surface area contributed by atoms with Crippen molar-refractivity contribution < 1.29 is 24.2 Å². The summed E-state index contributed by atoms with van der Waals surface area (Å²) in [5.41, 5.74) is 9.66. The maximum Gasteiger partial charge on any atom is 0.404 e. The summed E-state index contributed by atoms with van der Waals surface area (Å²) in [6.07, 6.45) is -1.01. The highest BCUT2D eigenvalue weighted by atomic mass is 16.5. The fourth-order valence-corrected chi connectivity index (χ4v) is 4.39. The number of hydrogen-bond donors (Lipinski definition) is 3. The smallest absolute Gasteiger partial charge is 0.404 e. The maximum absolute atomic E-state index is 12.7. The van der Waals surface area contributed by atoms with Crippen molar-refractivity contribution in [1.29, 1.82) is 0 Å². The first-order valence-corrected chi connectivity index (χ1v) is 7.65.